The molecule has 0 spiro atoms. The minimum Gasteiger partial charge on any atom is -0.482 e. The summed E-state index contributed by atoms with van der Waals surface area (Å²) in [7, 11) is 0. The van der Waals surface area contributed by atoms with Crippen LogP contribution in [0.1, 0.15) is 11.5 Å². The fourth-order valence-corrected chi connectivity index (χ4v) is 10.3. The molecular weight excluding hydrogens is 787 g/mol. The van der Waals surface area contributed by atoms with Gasteiger partial charge in [-0.2, -0.15) is 0 Å². The van der Waals surface area contributed by atoms with Crippen LogP contribution in [-0.2, 0) is 0 Å². The molecule has 1 aliphatic heterocycles. The van der Waals surface area contributed by atoms with Gasteiger partial charge in [0.1, 0.15) is 23.0 Å². The molecule has 300 valence electrons. The maximum Gasteiger partial charge on any atom is 0.167 e. The quantitative estimate of drug-likeness (QED) is 0.173. The highest BCUT2D eigenvalue weighted by Gasteiger charge is 2.40. The number of hydrogen-bond acceptors (Lipinski definition) is 5. The molecule has 64 heavy (non-hydrogen) atoms. The number of ether oxygens (including phenoxy) is 1. The van der Waals surface area contributed by atoms with Crippen molar-refractivity contribution in [3.63, 3.8) is 0 Å². The van der Waals surface area contributed by atoms with Crippen LogP contribution in [0.25, 0.3) is 111 Å². The highest BCUT2D eigenvalue weighted by Crippen LogP contribution is 2.50. The number of nitrogens with zero attached hydrogens (tertiary/aromatic N) is 5. The highest BCUT2D eigenvalue weighted by molar-refractivity contribution is 6.18. The molecule has 2 unspecified atom stereocenters. The summed E-state index contributed by atoms with van der Waals surface area (Å²) in [6.45, 7) is 0. The highest BCUT2D eigenvalue weighted by atomic mass is 16.5. The van der Waals surface area contributed by atoms with Crippen LogP contribution < -0.4 is 4.74 Å². The maximum atomic E-state index is 7.21. The predicted molar refractivity (Wildman–Crippen MR) is 258 cm³/mol. The Bertz CT molecular complexity index is 3890. The lowest BCUT2D eigenvalue weighted by Crippen LogP contribution is -2.24. The van der Waals surface area contributed by atoms with Gasteiger partial charge < -0.3 is 18.3 Å². The summed E-state index contributed by atoms with van der Waals surface area (Å²) in [5.41, 5.74) is 12.3. The molecule has 4 aromatic heterocycles. The molecule has 5 heterocycles. The van der Waals surface area contributed by atoms with E-state index in [0.717, 1.165) is 88.8 Å². The van der Waals surface area contributed by atoms with Crippen LogP contribution in [0.4, 0.5) is 0 Å². The molecule has 0 saturated heterocycles. The normalized spacial score (nSPS) is 15.7. The summed E-state index contributed by atoms with van der Waals surface area (Å²) in [6, 6.07) is 63.6. The zero-order valence-corrected chi connectivity index (χ0v) is 34.3. The van der Waals surface area contributed by atoms with Gasteiger partial charge in [0.05, 0.1) is 33.3 Å². The fourth-order valence-electron chi connectivity index (χ4n) is 10.3. The smallest absolute Gasteiger partial charge is 0.167 e. The number of aromatic nitrogens is 5. The van der Waals surface area contributed by atoms with Gasteiger partial charge in [-0.1, -0.05) is 140 Å². The van der Waals surface area contributed by atoms with E-state index in [4.69, 9.17) is 24.1 Å². The first kappa shape index (κ1) is 35.1. The van der Waals surface area contributed by atoms with Gasteiger partial charge in [-0.05, 0) is 60.7 Å². The summed E-state index contributed by atoms with van der Waals surface area (Å²) in [5, 5.41) is 6.93. The van der Waals surface area contributed by atoms with Crippen LogP contribution in [0.5, 0.6) is 5.75 Å². The number of benzene rings is 8. The lowest BCUT2D eigenvalue weighted by molar-refractivity contribution is 0.273. The fraction of sp³-hybridized carbons (Fsp3) is 0.0351. The van der Waals surface area contributed by atoms with E-state index in [0.29, 0.717) is 17.5 Å². The molecule has 2 aliphatic rings. The van der Waals surface area contributed by atoms with E-state index >= 15 is 0 Å². The van der Waals surface area contributed by atoms with Gasteiger partial charge in [0.2, 0.25) is 0 Å². The van der Waals surface area contributed by atoms with E-state index in [9.17, 15) is 0 Å². The van der Waals surface area contributed by atoms with E-state index in [-0.39, 0.29) is 12.0 Å². The summed E-state index contributed by atoms with van der Waals surface area (Å²) >= 11 is 0. The van der Waals surface area contributed by atoms with Crippen molar-refractivity contribution >= 4 is 71.2 Å². The third-order valence-electron chi connectivity index (χ3n) is 13.1. The topological polar surface area (TPSA) is 70.9 Å². The molecule has 0 fully saturated rings. The van der Waals surface area contributed by atoms with E-state index in [1.165, 1.54) is 16.2 Å². The maximum absolute atomic E-state index is 7.21. The van der Waals surface area contributed by atoms with Crippen molar-refractivity contribution in [2.45, 2.75) is 12.0 Å². The predicted octanol–water partition coefficient (Wildman–Crippen LogP) is 13.9. The Morgan fingerprint density at radius 3 is 1.81 bits per heavy atom. The second-order valence-electron chi connectivity index (χ2n) is 16.7. The Morgan fingerprint density at radius 1 is 0.438 bits per heavy atom. The molecular formula is C57H35N5O2. The monoisotopic (exact) mass is 821 g/mol. The van der Waals surface area contributed by atoms with E-state index < -0.39 is 0 Å². The van der Waals surface area contributed by atoms with E-state index in [1.807, 2.05) is 72.8 Å². The Hall–Kier alpha value is -8.55. The van der Waals surface area contributed by atoms with E-state index in [1.54, 1.807) is 0 Å². The number of para-hydroxylation sites is 4. The number of fused-ring (bicyclic) bond motifs is 12. The number of hydrogen-bond donors (Lipinski definition) is 0. The SMILES string of the molecule is C1=CC2c3cccc(-c4nc(-c5ccccc5)nc(-c5ccccc5)n4)c3OC2C(n2c3ccccc3c3cc(-n4c5ccccc5c5cc6oc7ccccc7c6cc54)ccc32)=C1. The second-order valence-corrected chi connectivity index (χ2v) is 16.7. The first-order valence-electron chi connectivity index (χ1n) is 21.7. The van der Waals surface area contributed by atoms with Crippen LogP contribution in [0.15, 0.2) is 205 Å². The van der Waals surface area contributed by atoms with Crippen LogP contribution in [-0.4, -0.2) is 30.2 Å². The van der Waals surface area contributed by atoms with Crippen molar-refractivity contribution in [1.82, 2.24) is 24.1 Å². The molecule has 0 N–H and O–H groups in total. The van der Waals surface area contributed by atoms with Gasteiger partial charge >= 0.3 is 0 Å². The standard InChI is InChI=1S/C57H35N5O2/c1-3-15-34(16-4-1)55-58-56(35-17-5-2-6-18-35)60-57(59-55)42-24-13-22-40-41-23-14-27-49(54(41)64-53(40)42)62-47-26-11-8-19-37(47)43-31-36(29-30-48(43)62)61-46-25-10-7-20-38(46)44-33-52-45(32-50(44)61)39-21-9-12-28-51(39)63-52/h1-33,41,54H. The van der Waals surface area contributed by atoms with Crippen molar-refractivity contribution in [1.29, 1.82) is 0 Å². The van der Waals surface area contributed by atoms with Gasteiger partial charge in [0, 0.05) is 60.6 Å². The summed E-state index contributed by atoms with van der Waals surface area (Å²) < 4.78 is 18.4. The van der Waals surface area contributed by atoms with E-state index in [2.05, 4.69) is 137 Å². The summed E-state index contributed by atoms with van der Waals surface area (Å²) in [4.78, 5) is 15.1. The van der Waals surface area contributed by atoms with Gasteiger partial charge in [-0.25, -0.2) is 15.0 Å². The van der Waals surface area contributed by atoms with Gasteiger partial charge in [0.25, 0.3) is 0 Å². The van der Waals surface area contributed by atoms with Gasteiger partial charge in [-0.15, -0.1) is 0 Å². The van der Waals surface area contributed by atoms with Crippen molar-refractivity contribution in [2.24, 2.45) is 0 Å². The third kappa shape index (κ3) is 5.12. The van der Waals surface area contributed by atoms with Gasteiger partial charge in [0.15, 0.2) is 17.5 Å². The second kappa shape index (κ2) is 13.5. The third-order valence-corrected chi connectivity index (χ3v) is 13.1. The van der Waals surface area contributed by atoms with Crippen LogP contribution in [0.2, 0.25) is 0 Å². The molecule has 0 saturated carbocycles. The lowest BCUT2D eigenvalue weighted by Gasteiger charge is -2.25. The van der Waals surface area contributed by atoms with Crippen molar-refractivity contribution in [3.05, 3.63) is 206 Å². The molecule has 8 aromatic carbocycles. The molecule has 2 atom stereocenters. The molecule has 0 bridgehead atoms. The molecule has 7 nitrogen and oxygen atoms in total. The zero-order chi connectivity index (χ0) is 41.9. The number of allylic oxidation sites excluding steroid dienone is 2. The van der Waals surface area contributed by atoms with Crippen LogP contribution in [0.3, 0.4) is 0 Å². The van der Waals surface area contributed by atoms with Crippen molar-refractivity contribution < 1.29 is 9.15 Å². The molecule has 14 rings (SSSR count). The first-order chi connectivity index (χ1) is 31.7. The van der Waals surface area contributed by atoms with Crippen molar-refractivity contribution in [3.8, 4) is 45.6 Å². The van der Waals surface area contributed by atoms with Crippen LogP contribution >= 0.6 is 0 Å². The zero-order valence-electron chi connectivity index (χ0n) is 34.3. The number of furan rings is 1. The number of rotatable bonds is 5. The lowest BCUT2D eigenvalue weighted by atomic mass is 9.89. The Balaban J connectivity index is 0.909. The molecule has 0 radical (unpaired) electrons. The molecule has 12 aromatic rings. The minimum atomic E-state index is -0.284. The average molecular weight is 822 g/mol. The van der Waals surface area contributed by atoms with Gasteiger partial charge in [-0.3, -0.25) is 0 Å². The molecule has 1 aliphatic carbocycles. The first-order valence-corrected chi connectivity index (χ1v) is 21.7. The Kier molecular flexibility index (Phi) is 7.39. The molecule has 7 heteroatoms. The molecule has 0 amide bonds. The largest absolute Gasteiger partial charge is 0.482 e. The summed E-state index contributed by atoms with van der Waals surface area (Å²) in [6.07, 6.45) is 6.37. The summed E-state index contributed by atoms with van der Waals surface area (Å²) in [5.74, 6) is 2.60. The Labute approximate surface area is 366 Å². The average Bonchev–Trinajstić information content (AvgIpc) is 4.11. The minimum absolute atomic E-state index is 0.0112. The van der Waals surface area contributed by atoms with Crippen LogP contribution in [0, 0.1) is 0 Å². The Morgan fingerprint density at radius 2 is 1.06 bits per heavy atom. The van der Waals surface area contributed by atoms with Crippen molar-refractivity contribution in [2.75, 3.05) is 0 Å².